The minimum atomic E-state index is -0.851. The molecule has 1 aliphatic heterocycles. The monoisotopic (exact) mass is 326 g/mol. The summed E-state index contributed by atoms with van der Waals surface area (Å²) in [5.74, 6) is 0. The number of pyridine rings is 1. The van der Waals surface area contributed by atoms with Crippen LogP contribution in [0.1, 0.15) is 39.3 Å². The van der Waals surface area contributed by atoms with Crippen molar-refractivity contribution in [3.63, 3.8) is 0 Å². The van der Waals surface area contributed by atoms with Gasteiger partial charge in [-0.25, -0.2) is 4.79 Å². The summed E-state index contributed by atoms with van der Waals surface area (Å²) in [6.07, 6.45) is 2.75. The molecule has 5 nitrogen and oxygen atoms in total. The summed E-state index contributed by atoms with van der Waals surface area (Å²) in [4.78, 5) is 17.9. The van der Waals surface area contributed by atoms with Crippen molar-refractivity contribution >= 4 is 17.7 Å². The lowest BCUT2D eigenvalue weighted by molar-refractivity contribution is -0.0319. The SMILES string of the molecule is CC(C)(C)OC(=O)N1CCC(O)(Cc2cc(Cl)ccn2)CC1. The van der Waals surface area contributed by atoms with Gasteiger partial charge >= 0.3 is 6.09 Å². The number of rotatable bonds is 2. The van der Waals surface area contributed by atoms with Gasteiger partial charge in [0.15, 0.2) is 0 Å². The van der Waals surface area contributed by atoms with Gasteiger partial charge in [-0.1, -0.05) is 11.6 Å². The molecule has 2 heterocycles. The third kappa shape index (κ3) is 4.85. The number of nitrogens with zero attached hydrogens (tertiary/aromatic N) is 2. The molecule has 0 aliphatic carbocycles. The first-order valence-corrected chi connectivity index (χ1v) is 7.85. The number of aromatic nitrogens is 1. The summed E-state index contributed by atoms with van der Waals surface area (Å²) >= 11 is 5.94. The Morgan fingerprint density at radius 1 is 1.45 bits per heavy atom. The second kappa shape index (κ2) is 6.42. The fourth-order valence-electron chi connectivity index (χ4n) is 2.49. The molecule has 1 aromatic heterocycles. The fraction of sp³-hybridized carbons (Fsp3) is 0.625. The smallest absolute Gasteiger partial charge is 0.410 e. The molecule has 0 atom stereocenters. The Balaban J connectivity index is 1.91. The first kappa shape index (κ1) is 17.0. The van der Waals surface area contributed by atoms with Crippen LogP contribution < -0.4 is 0 Å². The maximum atomic E-state index is 12.0. The first-order valence-electron chi connectivity index (χ1n) is 7.48. The molecule has 0 unspecified atom stereocenters. The molecule has 1 aromatic rings. The Morgan fingerprint density at radius 2 is 2.09 bits per heavy atom. The van der Waals surface area contributed by atoms with Crippen LogP contribution in [0.4, 0.5) is 4.79 Å². The molecule has 0 aromatic carbocycles. The largest absolute Gasteiger partial charge is 0.444 e. The summed E-state index contributed by atoms with van der Waals surface area (Å²) in [5, 5.41) is 11.3. The topological polar surface area (TPSA) is 62.7 Å². The summed E-state index contributed by atoms with van der Waals surface area (Å²) in [5.41, 5.74) is -0.591. The molecule has 1 N–H and O–H groups in total. The Hall–Kier alpha value is -1.33. The Morgan fingerprint density at radius 3 is 2.64 bits per heavy atom. The van der Waals surface area contributed by atoms with E-state index in [-0.39, 0.29) is 6.09 Å². The molecular weight excluding hydrogens is 304 g/mol. The second-order valence-corrected chi connectivity index (χ2v) is 7.27. The van der Waals surface area contributed by atoms with Crippen molar-refractivity contribution in [1.82, 2.24) is 9.88 Å². The van der Waals surface area contributed by atoms with Crippen LogP contribution >= 0.6 is 11.6 Å². The maximum absolute atomic E-state index is 12.0. The highest BCUT2D eigenvalue weighted by molar-refractivity contribution is 6.30. The summed E-state index contributed by atoms with van der Waals surface area (Å²) in [6, 6.07) is 3.47. The standard InChI is InChI=1S/C16H23ClN2O3/c1-15(2,3)22-14(20)19-8-5-16(21,6-9-19)11-13-10-12(17)4-7-18-13/h4,7,10,21H,5-6,8-9,11H2,1-3H3. The van der Waals surface area contributed by atoms with E-state index in [0.717, 1.165) is 5.69 Å². The van der Waals surface area contributed by atoms with E-state index >= 15 is 0 Å². The van der Waals surface area contributed by atoms with E-state index in [1.165, 1.54) is 0 Å². The van der Waals surface area contributed by atoms with Gasteiger partial charge in [0, 0.05) is 36.4 Å². The van der Waals surface area contributed by atoms with Crippen LogP contribution in [0, 0.1) is 0 Å². The molecule has 2 rings (SSSR count). The van der Waals surface area contributed by atoms with Crippen molar-refractivity contribution in [1.29, 1.82) is 0 Å². The third-order valence-electron chi connectivity index (χ3n) is 3.63. The quantitative estimate of drug-likeness (QED) is 0.907. The van der Waals surface area contributed by atoms with Crippen molar-refractivity contribution in [2.24, 2.45) is 0 Å². The molecule has 1 fully saturated rings. The van der Waals surface area contributed by atoms with Gasteiger partial charge in [0.1, 0.15) is 5.60 Å². The van der Waals surface area contributed by atoms with Gasteiger partial charge in [-0.3, -0.25) is 4.98 Å². The fourth-order valence-corrected chi connectivity index (χ4v) is 2.67. The molecule has 122 valence electrons. The zero-order valence-corrected chi connectivity index (χ0v) is 14.1. The molecular formula is C16H23ClN2O3. The Labute approximate surface area is 136 Å². The van der Waals surface area contributed by atoms with E-state index in [0.29, 0.717) is 37.4 Å². The number of hydrogen-bond acceptors (Lipinski definition) is 4. The summed E-state index contributed by atoms with van der Waals surface area (Å²) in [7, 11) is 0. The molecule has 22 heavy (non-hydrogen) atoms. The van der Waals surface area contributed by atoms with Crippen molar-refractivity contribution in [3.8, 4) is 0 Å². The van der Waals surface area contributed by atoms with Gasteiger partial charge in [0.2, 0.25) is 0 Å². The number of piperidine rings is 1. The van der Waals surface area contributed by atoms with Crippen molar-refractivity contribution < 1.29 is 14.6 Å². The van der Waals surface area contributed by atoms with Crippen LogP contribution in [0.5, 0.6) is 0 Å². The minimum absolute atomic E-state index is 0.324. The van der Waals surface area contributed by atoms with Crippen LogP contribution in [0.2, 0.25) is 5.02 Å². The van der Waals surface area contributed by atoms with Gasteiger partial charge in [-0.15, -0.1) is 0 Å². The van der Waals surface area contributed by atoms with Crippen molar-refractivity contribution in [2.45, 2.75) is 51.2 Å². The number of hydrogen-bond donors (Lipinski definition) is 1. The average Bonchev–Trinajstić information content (AvgIpc) is 2.36. The number of aliphatic hydroxyl groups is 1. The predicted octanol–water partition coefficient (Wildman–Crippen LogP) is 3.04. The zero-order chi connectivity index (χ0) is 16.4. The average molecular weight is 327 g/mol. The Bertz CT molecular complexity index is 534. The number of carbonyl (C=O) groups excluding carboxylic acids is 1. The van der Waals surface area contributed by atoms with E-state index < -0.39 is 11.2 Å². The van der Waals surface area contributed by atoms with E-state index in [2.05, 4.69) is 4.98 Å². The van der Waals surface area contributed by atoms with Crippen LogP contribution in [0.3, 0.4) is 0 Å². The molecule has 0 radical (unpaired) electrons. The van der Waals surface area contributed by atoms with Gasteiger partial charge in [-0.2, -0.15) is 0 Å². The Kier molecular flexibility index (Phi) is 4.97. The number of carbonyl (C=O) groups is 1. The molecule has 6 heteroatoms. The maximum Gasteiger partial charge on any atom is 0.410 e. The molecule has 0 spiro atoms. The normalized spacial score (nSPS) is 18.1. The van der Waals surface area contributed by atoms with E-state index in [9.17, 15) is 9.90 Å². The molecule has 1 saturated heterocycles. The molecule has 0 bridgehead atoms. The van der Waals surface area contributed by atoms with Gasteiger partial charge in [0.05, 0.1) is 5.60 Å². The van der Waals surface area contributed by atoms with Crippen LogP contribution in [0.15, 0.2) is 18.3 Å². The van der Waals surface area contributed by atoms with Crippen LogP contribution in [-0.4, -0.2) is 45.4 Å². The lowest BCUT2D eigenvalue weighted by atomic mass is 9.87. The highest BCUT2D eigenvalue weighted by atomic mass is 35.5. The van der Waals surface area contributed by atoms with Gasteiger partial charge in [0.25, 0.3) is 0 Å². The van der Waals surface area contributed by atoms with Crippen LogP contribution in [-0.2, 0) is 11.2 Å². The molecule has 0 saturated carbocycles. The minimum Gasteiger partial charge on any atom is -0.444 e. The van der Waals surface area contributed by atoms with E-state index in [4.69, 9.17) is 16.3 Å². The summed E-state index contributed by atoms with van der Waals surface area (Å²) < 4.78 is 5.35. The lowest BCUT2D eigenvalue weighted by Crippen LogP contribution is -2.49. The zero-order valence-electron chi connectivity index (χ0n) is 13.3. The van der Waals surface area contributed by atoms with Crippen molar-refractivity contribution in [2.75, 3.05) is 13.1 Å². The first-order chi connectivity index (χ1) is 10.2. The second-order valence-electron chi connectivity index (χ2n) is 6.83. The van der Waals surface area contributed by atoms with E-state index in [1.807, 2.05) is 20.8 Å². The number of likely N-dealkylation sites (tertiary alicyclic amines) is 1. The highest BCUT2D eigenvalue weighted by Crippen LogP contribution is 2.27. The number of halogens is 1. The predicted molar refractivity (Wildman–Crippen MR) is 84.9 cm³/mol. The molecule has 1 amide bonds. The number of amides is 1. The van der Waals surface area contributed by atoms with E-state index in [1.54, 1.807) is 23.2 Å². The number of ether oxygens (including phenoxy) is 1. The summed E-state index contributed by atoms with van der Waals surface area (Å²) in [6.45, 7) is 6.49. The molecule has 1 aliphatic rings. The van der Waals surface area contributed by atoms with Crippen molar-refractivity contribution in [3.05, 3.63) is 29.0 Å². The van der Waals surface area contributed by atoms with Gasteiger partial charge in [-0.05, 0) is 45.7 Å². The third-order valence-corrected chi connectivity index (χ3v) is 3.87. The highest BCUT2D eigenvalue weighted by Gasteiger charge is 2.35. The van der Waals surface area contributed by atoms with Crippen LogP contribution in [0.25, 0.3) is 0 Å². The van der Waals surface area contributed by atoms with Gasteiger partial charge < -0.3 is 14.7 Å². The lowest BCUT2D eigenvalue weighted by Gasteiger charge is -2.38.